The number of rotatable bonds is 7. The smallest absolute Gasteiger partial charge is 0.236 e. The molecule has 0 spiro atoms. The van der Waals surface area contributed by atoms with Crippen molar-refractivity contribution in [2.24, 2.45) is 5.73 Å². The molecule has 1 aromatic rings. The van der Waals surface area contributed by atoms with Gasteiger partial charge in [-0.1, -0.05) is 30.3 Å². The van der Waals surface area contributed by atoms with E-state index < -0.39 is 11.9 Å². The molecule has 0 bridgehead atoms. The molecule has 0 aliphatic rings. The molecule has 1 rings (SSSR count). The van der Waals surface area contributed by atoms with Gasteiger partial charge in [-0.2, -0.15) is 0 Å². The Bertz CT molecular complexity index is 320. The molecule has 0 aliphatic heterocycles. The van der Waals surface area contributed by atoms with Crippen molar-refractivity contribution in [3.05, 3.63) is 35.9 Å². The van der Waals surface area contributed by atoms with Gasteiger partial charge in [0.25, 0.3) is 0 Å². The van der Waals surface area contributed by atoms with Crippen molar-refractivity contribution in [1.29, 1.82) is 0 Å². The van der Waals surface area contributed by atoms with E-state index in [1.54, 1.807) is 0 Å². The fourth-order valence-corrected chi connectivity index (χ4v) is 1.47. The number of primary amides is 1. The zero-order chi connectivity index (χ0) is 11.8. The second kappa shape index (κ2) is 8.98. The van der Waals surface area contributed by atoms with Gasteiger partial charge in [-0.15, -0.1) is 12.4 Å². The summed E-state index contributed by atoms with van der Waals surface area (Å²) in [5, 5.41) is 11.8. The van der Waals surface area contributed by atoms with Crippen molar-refractivity contribution >= 4 is 18.3 Å². The molecule has 0 aliphatic carbocycles. The summed E-state index contributed by atoms with van der Waals surface area (Å²) in [6, 6.07) is 9.49. The van der Waals surface area contributed by atoms with Gasteiger partial charge in [-0.25, -0.2) is 0 Å². The minimum Gasteiger partial charge on any atom is -0.394 e. The van der Waals surface area contributed by atoms with Crippen molar-refractivity contribution in [1.82, 2.24) is 5.32 Å². The number of carbonyl (C=O) groups excluding carboxylic acids is 1. The number of carbonyl (C=O) groups is 1. The van der Waals surface area contributed by atoms with Crippen molar-refractivity contribution < 1.29 is 9.90 Å². The van der Waals surface area contributed by atoms with Gasteiger partial charge in [0.15, 0.2) is 0 Å². The molecule has 96 valence electrons. The molecule has 17 heavy (non-hydrogen) atoms. The lowest BCUT2D eigenvalue weighted by Crippen LogP contribution is -2.44. The molecule has 1 atom stereocenters. The average molecular weight is 259 g/mol. The molecule has 1 aromatic carbocycles. The first-order chi connectivity index (χ1) is 7.74. The Morgan fingerprint density at radius 1 is 1.35 bits per heavy atom. The highest BCUT2D eigenvalue weighted by Gasteiger charge is 2.11. The minimum atomic E-state index is -0.629. The van der Waals surface area contributed by atoms with E-state index in [0.717, 1.165) is 12.8 Å². The minimum absolute atomic E-state index is 0. The topological polar surface area (TPSA) is 75.4 Å². The summed E-state index contributed by atoms with van der Waals surface area (Å²) in [7, 11) is 0. The van der Waals surface area contributed by atoms with Crippen LogP contribution in [-0.2, 0) is 11.2 Å². The highest BCUT2D eigenvalue weighted by Crippen LogP contribution is 2.01. The monoisotopic (exact) mass is 258 g/mol. The lowest BCUT2D eigenvalue weighted by molar-refractivity contribution is -0.120. The molecule has 0 aromatic heterocycles. The molecule has 1 amide bonds. The van der Waals surface area contributed by atoms with Crippen LogP contribution in [0.25, 0.3) is 0 Å². The van der Waals surface area contributed by atoms with E-state index in [9.17, 15) is 4.79 Å². The fraction of sp³-hybridized carbons (Fsp3) is 0.417. The second-order valence-corrected chi connectivity index (χ2v) is 3.68. The Morgan fingerprint density at radius 3 is 2.53 bits per heavy atom. The maximum Gasteiger partial charge on any atom is 0.236 e. The van der Waals surface area contributed by atoms with Crippen LogP contribution in [0.4, 0.5) is 0 Å². The number of aliphatic hydroxyl groups excluding tert-OH is 1. The first kappa shape index (κ1) is 15.9. The molecule has 0 saturated heterocycles. The van der Waals surface area contributed by atoms with Crippen molar-refractivity contribution in [3.63, 3.8) is 0 Å². The Morgan fingerprint density at radius 2 is 2.00 bits per heavy atom. The number of aliphatic hydroxyl groups is 1. The van der Waals surface area contributed by atoms with Crippen LogP contribution in [0.2, 0.25) is 0 Å². The van der Waals surface area contributed by atoms with E-state index in [1.807, 2.05) is 18.2 Å². The summed E-state index contributed by atoms with van der Waals surface area (Å²) in [5.41, 5.74) is 6.35. The van der Waals surface area contributed by atoms with E-state index in [2.05, 4.69) is 17.4 Å². The Balaban J connectivity index is 0.00000256. The first-order valence-corrected chi connectivity index (χ1v) is 5.41. The predicted molar refractivity (Wildman–Crippen MR) is 70.1 cm³/mol. The van der Waals surface area contributed by atoms with E-state index in [4.69, 9.17) is 10.8 Å². The van der Waals surface area contributed by atoms with Gasteiger partial charge < -0.3 is 16.2 Å². The fourth-order valence-electron chi connectivity index (χ4n) is 1.47. The van der Waals surface area contributed by atoms with Crippen molar-refractivity contribution in [2.75, 3.05) is 13.2 Å². The molecule has 5 heteroatoms. The van der Waals surface area contributed by atoms with Gasteiger partial charge in [-0.3, -0.25) is 4.79 Å². The number of nitrogens with one attached hydrogen (secondary N) is 1. The number of hydrogen-bond acceptors (Lipinski definition) is 3. The zero-order valence-corrected chi connectivity index (χ0v) is 10.5. The summed E-state index contributed by atoms with van der Waals surface area (Å²) in [6.45, 7) is 0.420. The van der Waals surface area contributed by atoms with E-state index in [0.29, 0.717) is 6.54 Å². The number of hydrogen-bond donors (Lipinski definition) is 3. The molecular weight excluding hydrogens is 240 g/mol. The van der Waals surface area contributed by atoms with E-state index >= 15 is 0 Å². The lowest BCUT2D eigenvalue weighted by Gasteiger charge is -2.11. The second-order valence-electron chi connectivity index (χ2n) is 3.68. The maximum absolute atomic E-state index is 10.8. The van der Waals surface area contributed by atoms with Crippen LogP contribution in [-0.4, -0.2) is 30.2 Å². The molecular formula is C12H19ClN2O2. The first-order valence-electron chi connectivity index (χ1n) is 5.41. The summed E-state index contributed by atoms with van der Waals surface area (Å²) in [4.78, 5) is 10.8. The van der Waals surface area contributed by atoms with E-state index in [1.165, 1.54) is 5.56 Å². The highest BCUT2D eigenvalue weighted by molar-refractivity contribution is 5.85. The van der Waals surface area contributed by atoms with Gasteiger partial charge in [0.1, 0.15) is 6.04 Å². The largest absolute Gasteiger partial charge is 0.394 e. The van der Waals surface area contributed by atoms with Crippen LogP contribution in [0.15, 0.2) is 30.3 Å². The van der Waals surface area contributed by atoms with Gasteiger partial charge in [-0.05, 0) is 24.9 Å². The van der Waals surface area contributed by atoms with Crippen LogP contribution in [0, 0.1) is 0 Å². The molecule has 4 nitrogen and oxygen atoms in total. The number of halogens is 1. The van der Waals surface area contributed by atoms with Crippen LogP contribution in [0.5, 0.6) is 0 Å². The Kier molecular flexibility index (Phi) is 8.40. The number of amides is 1. The van der Waals surface area contributed by atoms with Crippen LogP contribution >= 0.6 is 12.4 Å². The van der Waals surface area contributed by atoms with Gasteiger partial charge >= 0.3 is 0 Å². The zero-order valence-electron chi connectivity index (χ0n) is 9.63. The lowest BCUT2D eigenvalue weighted by atomic mass is 10.1. The molecule has 0 saturated carbocycles. The Hall–Kier alpha value is -1.10. The Labute approximate surface area is 108 Å². The molecule has 0 radical (unpaired) electrons. The van der Waals surface area contributed by atoms with Gasteiger partial charge in [0, 0.05) is 0 Å². The van der Waals surface area contributed by atoms with Gasteiger partial charge in [0.2, 0.25) is 5.91 Å². The third kappa shape index (κ3) is 6.26. The SMILES string of the molecule is Cl.NC(=O)[C@@H](CO)NCCCc1ccccc1. The summed E-state index contributed by atoms with van der Waals surface area (Å²) in [5.74, 6) is -0.512. The standard InChI is InChI=1S/C12H18N2O2.ClH/c13-12(16)11(9-15)14-8-4-7-10-5-2-1-3-6-10;/h1-3,5-6,11,14-15H,4,7-9H2,(H2,13,16);1H/t11-;/m1./s1. The highest BCUT2D eigenvalue weighted by atomic mass is 35.5. The third-order valence-corrected chi connectivity index (χ3v) is 2.40. The number of aryl methyl sites for hydroxylation is 1. The maximum atomic E-state index is 10.8. The average Bonchev–Trinajstić information content (AvgIpc) is 2.30. The quantitative estimate of drug-likeness (QED) is 0.623. The van der Waals surface area contributed by atoms with Crippen molar-refractivity contribution in [2.45, 2.75) is 18.9 Å². The summed E-state index contributed by atoms with van der Waals surface area (Å²) < 4.78 is 0. The predicted octanol–water partition coefficient (Wildman–Crippen LogP) is 0.477. The third-order valence-electron chi connectivity index (χ3n) is 2.40. The summed E-state index contributed by atoms with van der Waals surface area (Å²) in [6.07, 6.45) is 1.86. The molecule has 0 fully saturated rings. The van der Waals surface area contributed by atoms with Gasteiger partial charge in [0.05, 0.1) is 6.61 Å². The van der Waals surface area contributed by atoms with E-state index in [-0.39, 0.29) is 19.0 Å². The molecule has 0 heterocycles. The van der Waals surface area contributed by atoms with Crippen LogP contribution in [0.3, 0.4) is 0 Å². The van der Waals surface area contributed by atoms with Crippen LogP contribution < -0.4 is 11.1 Å². The number of nitrogens with two attached hydrogens (primary N) is 1. The molecule has 4 N–H and O–H groups in total. The normalized spacial score (nSPS) is 11.6. The molecule has 0 unspecified atom stereocenters. The van der Waals surface area contributed by atoms with Crippen LogP contribution in [0.1, 0.15) is 12.0 Å². The summed E-state index contributed by atoms with van der Waals surface area (Å²) >= 11 is 0. The number of benzene rings is 1. The van der Waals surface area contributed by atoms with Crippen molar-refractivity contribution in [3.8, 4) is 0 Å².